The van der Waals surface area contributed by atoms with Gasteiger partial charge in [-0.15, -0.1) is 0 Å². The van der Waals surface area contributed by atoms with Crippen LogP contribution in [0.15, 0.2) is 0 Å². The highest BCUT2D eigenvalue weighted by Crippen LogP contribution is 2.19. The molecule has 0 fully saturated rings. The lowest BCUT2D eigenvalue weighted by Crippen LogP contribution is -2.05. The fourth-order valence-corrected chi connectivity index (χ4v) is 10.9. The summed E-state index contributed by atoms with van der Waals surface area (Å²) in [6.45, 7) is 19.9. The van der Waals surface area contributed by atoms with Crippen LogP contribution in [0, 0.1) is 23.7 Å². The minimum Gasteiger partial charge on any atom is -0.466 e. The SMILES string of the molecule is CC(C)CCCCCCCCCCCCCCCOC(=O)CCCCCCCCCCCCCCC(C)C.CC(C)CCCCCCCCCCCCCCCOC(=O)CCCCCCCCCCCCCCC(C)C. The van der Waals surface area contributed by atoms with Crippen molar-refractivity contribution in [3.05, 3.63) is 0 Å². The standard InChI is InChI=1S/2C36H72O2/c2*1-34(2)30-26-22-18-14-10-6-5-9-13-17-21-25-29-33-38-36(37)32-28-24-20-16-12-8-7-11-15-19-23-27-31-35(3)4/h2*34-35H,5-33H2,1-4H3. The average molecular weight is 1070 g/mol. The summed E-state index contributed by atoms with van der Waals surface area (Å²) in [5.41, 5.74) is 0. The van der Waals surface area contributed by atoms with Gasteiger partial charge >= 0.3 is 11.9 Å². The minimum atomic E-state index is 0.0262. The monoisotopic (exact) mass is 1070 g/mol. The first kappa shape index (κ1) is 77.0. The first-order chi connectivity index (χ1) is 37.0. The number of ether oxygens (including phenoxy) is 2. The first-order valence-corrected chi connectivity index (χ1v) is 35.4. The molecule has 0 N–H and O–H groups in total. The van der Waals surface area contributed by atoms with Crippen LogP contribution in [0.1, 0.15) is 415 Å². The van der Waals surface area contributed by atoms with Gasteiger partial charge in [-0.1, -0.05) is 376 Å². The summed E-state index contributed by atoms with van der Waals surface area (Å²) >= 11 is 0. The summed E-state index contributed by atoms with van der Waals surface area (Å²) in [6.07, 6.45) is 74.5. The van der Waals surface area contributed by atoms with Crippen molar-refractivity contribution in [1.82, 2.24) is 0 Å². The summed E-state index contributed by atoms with van der Waals surface area (Å²) in [6, 6.07) is 0. The molecule has 0 heterocycles. The molecule has 0 aliphatic carbocycles. The molecule has 0 rings (SSSR count). The van der Waals surface area contributed by atoms with Crippen molar-refractivity contribution in [1.29, 1.82) is 0 Å². The smallest absolute Gasteiger partial charge is 0.305 e. The van der Waals surface area contributed by atoms with Crippen molar-refractivity contribution in [2.45, 2.75) is 415 Å². The van der Waals surface area contributed by atoms with E-state index in [2.05, 4.69) is 55.4 Å². The molecule has 0 aliphatic rings. The molecule has 4 nitrogen and oxygen atoms in total. The fourth-order valence-electron chi connectivity index (χ4n) is 10.9. The van der Waals surface area contributed by atoms with E-state index in [1.165, 1.54) is 321 Å². The van der Waals surface area contributed by atoms with E-state index in [1.807, 2.05) is 0 Å². The molecule has 0 spiro atoms. The predicted molar refractivity (Wildman–Crippen MR) is 340 cm³/mol. The van der Waals surface area contributed by atoms with E-state index in [0.29, 0.717) is 26.1 Å². The fraction of sp³-hybridized carbons (Fsp3) is 0.972. The van der Waals surface area contributed by atoms with Gasteiger partial charge in [0.25, 0.3) is 0 Å². The zero-order chi connectivity index (χ0) is 55.9. The third-order valence-corrected chi connectivity index (χ3v) is 16.2. The van der Waals surface area contributed by atoms with Gasteiger partial charge in [-0.2, -0.15) is 0 Å². The quantitative estimate of drug-likeness (QED) is 0.0450. The second-order valence-corrected chi connectivity index (χ2v) is 26.3. The number of carbonyl (C=O) groups is 2. The Morgan fingerprint density at radius 2 is 0.329 bits per heavy atom. The highest BCUT2D eigenvalue weighted by Gasteiger charge is 2.06. The Kier molecular flexibility index (Phi) is 67.3. The maximum absolute atomic E-state index is 11.9. The van der Waals surface area contributed by atoms with E-state index in [-0.39, 0.29) is 11.9 Å². The molecule has 4 heteroatoms. The zero-order valence-electron chi connectivity index (χ0n) is 54.0. The van der Waals surface area contributed by atoms with Gasteiger partial charge in [0.05, 0.1) is 13.2 Å². The Morgan fingerprint density at radius 1 is 0.197 bits per heavy atom. The highest BCUT2D eigenvalue weighted by molar-refractivity contribution is 5.69. The third kappa shape index (κ3) is 75.0. The lowest BCUT2D eigenvalue weighted by molar-refractivity contribution is -0.144. The van der Waals surface area contributed by atoms with Crippen molar-refractivity contribution < 1.29 is 19.1 Å². The molecule has 456 valence electrons. The lowest BCUT2D eigenvalue weighted by Gasteiger charge is -2.06. The molecule has 0 saturated heterocycles. The number of unbranched alkanes of at least 4 members (excludes halogenated alkanes) is 46. The van der Waals surface area contributed by atoms with Gasteiger partial charge in [-0.05, 0) is 49.4 Å². The van der Waals surface area contributed by atoms with Crippen molar-refractivity contribution in [2.75, 3.05) is 13.2 Å². The highest BCUT2D eigenvalue weighted by atomic mass is 16.5. The van der Waals surface area contributed by atoms with E-state index < -0.39 is 0 Å². The van der Waals surface area contributed by atoms with Crippen LogP contribution in [-0.4, -0.2) is 25.2 Å². The van der Waals surface area contributed by atoms with Crippen LogP contribution in [0.3, 0.4) is 0 Å². The lowest BCUT2D eigenvalue weighted by atomic mass is 10.0. The summed E-state index contributed by atoms with van der Waals surface area (Å²) in [7, 11) is 0. The van der Waals surface area contributed by atoms with Crippen molar-refractivity contribution in [3.63, 3.8) is 0 Å². The van der Waals surface area contributed by atoms with Crippen LogP contribution in [0.2, 0.25) is 0 Å². The molecule has 0 aromatic rings. The molecule has 0 unspecified atom stereocenters. The van der Waals surface area contributed by atoms with Gasteiger partial charge in [-0.25, -0.2) is 0 Å². The molecular formula is C72H144O4. The average Bonchev–Trinajstić information content (AvgIpc) is 3.38. The summed E-state index contributed by atoms with van der Waals surface area (Å²) in [4.78, 5) is 23.8. The molecule has 0 aliphatic heterocycles. The molecule has 0 amide bonds. The molecule has 0 radical (unpaired) electrons. The van der Waals surface area contributed by atoms with Crippen LogP contribution in [0.5, 0.6) is 0 Å². The molecular weight excluding hydrogens is 929 g/mol. The van der Waals surface area contributed by atoms with Crippen LogP contribution in [0.4, 0.5) is 0 Å². The van der Waals surface area contributed by atoms with Crippen LogP contribution < -0.4 is 0 Å². The molecule has 0 bridgehead atoms. The van der Waals surface area contributed by atoms with Crippen molar-refractivity contribution >= 4 is 11.9 Å². The summed E-state index contributed by atoms with van der Waals surface area (Å²) < 4.78 is 10.9. The van der Waals surface area contributed by atoms with Crippen LogP contribution in [0.25, 0.3) is 0 Å². The van der Waals surface area contributed by atoms with Gasteiger partial charge in [0, 0.05) is 12.8 Å². The van der Waals surface area contributed by atoms with Gasteiger partial charge < -0.3 is 9.47 Å². The minimum absolute atomic E-state index is 0.0262. The normalized spacial score (nSPS) is 11.6. The van der Waals surface area contributed by atoms with E-state index in [9.17, 15) is 9.59 Å². The molecule has 0 aromatic heterocycles. The maximum atomic E-state index is 11.9. The maximum Gasteiger partial charge on any atom is 0.305 e. The van der Waals surface area contributed by atoms with E-state index >= 15 is 0 Å². The zero-order valence-corrected chi connectivity index (χ0v) is 54.0. The second-order valence-electron chi connectivity index (χ2n) is 26.3. The first-order valence-electron chi connectivity index (χ1n) is 35.4. The summed E-state index contributed by atoms with van der Waals surface area (Å²) in [5.74, 6) is 3.54. The molecule has 76 heavy (non-hydrogen) atoms. The number of rotatable bonds is 62. The largest absolute Gasteiger partial charge is 0.466 e. The van der Waals surface area contributed by atoms with Crippen molar-refractivity contribution in [3.8, 4) is 0 Å². The van der Waals surface area contributed by atoms with Gasteiger partial charge in [0.15, 0.2) is 0 Å². The van der Waals surface area contributed by atoms with E-state index in [0.717, 1.165) is 49.4 Å². The Hall–Kier alpha value is -1.06. The number of hydrogen-bond donors (Lipinski definition) is 0. The molecule has 0 saturated carbocycles. The Balaban J connectivity index is 0. The number of carbonyl (C=O) groups excluding carboxylic acids is 2. The topological polar surface area (TPSA) is 52.6 Å². The Labute approximate surface area is 480 Å². The van der Waals surface area contributed by atoms with Crippen LogP contribution in [-0.2, 0) is 19.1 Å². The van der Waals surface area contributed by atoms with Gasteiger partial charge in [-0.3, -0.25) is 9.59 Å². The van der Waals surface area contributed by atoms with Crippen LogP contribution >= 0.6 is 0 Å². The molecule has 0 atom stereocenters. The third-order valence-electron chi connectivity index (χ3n) is 16.2. The second kappa shape index (κ2) is 66.5. The Bertz CT molecular complexity index is 997. The van der Waals surface area contributed by atoms with E-state index in [1.54, 1.807) is 0 Å². The van der Waals surface area contributed by atoms with Crippen molar-refractivity contribution in [2.24, 2.45) is 23.7 Å². The number of esters is 2. The Morgan fingerprint density at radius 3 is 0.487 bits per heavy atom. The van der Waals surface area contributed by atoms with Gasteiger partial charge in [0.2, 0.25) is 0 Å². The summed E-state index contributed by atoms with van der Waals surface area (Å²) in [5, 5.41) is 0. The predicted octanol–water partition coefficient (Wildman–Crippen LogP) is 25.5. The van der Waals surface area contributed by atoms with Gasteiger partial charge in [0.1, 0.15) is 0 Å². The molecule has 0 aromatic carbocycles. The van der Waals surface area contributed by atoms with E-state index in [4.69, 9.17) is 9.47 Å². The number of hydrogen-bond acceptors (Lipinski definition) is 4.